The molecule has 0 radical (unpaired) electrons. The van der Waals surface area contributed by atoms with Gasteiger partial charge in [-0.25, -0.2) is 4.39 Å². The van der Waals surface area contributed by atoms with E-state index < -0.39 is 5.82 Å². The number of hydrazine groups is 1. The minimum absolute atomic E-state index is 0.0497. The number of benzene rings is 1. The molecule has 4 N–H and O–H groups in total. The quantitative estimate of drug-likeness (QED) is 0.456. The van der Waals surface area contributed by atoms with E-state index in [1.54, 1.807) is 23.6 Å². The van der Waals surface area contributed by atoms with Crippen LogP contribution in [0.15, 0.2) is 40.6 Å². The van der Waals surface area contributed by atoms with Gasteiger partial charge in [0.25, 0.3) is 5.91 Å². The van der Waals surface area contributed by atoms with Gasteiger partial charge in [0.1, 0.15) is 5.82 Å². The number of rotatable bonds is 4. The lowest BCUT2D eigenvalue weighted by Crippen LogP contribution is -2.42. The second-order valence-electron chi connectivity index (χ2n) is 3.95. The molecule has 0 unspecified atom stereocenters. The fourth-order valence-electron chi connectivity index (χ4n) is 1.38. The van der Waals surface area contributed by atoms with Gasteiger partial charge in [-0.05, 0) is 29.6 Å². The van der Waals surface area contributed by atoms with Gasteiger partial charge in [0.15, 0.2) is 0 Å². The normalized spacial score (nSPS) is 10.1. The fourth-order valence-corrected chi connectivity index (χ4v) is 2.72. The van der Waals surface area contributed by atoms with Crippen molar-refractivity contribution in [2.24, 2.45) is 0 Å². The SMILES string of the molecule is Nc1ccc(SCC(=O)NNC(=O)c2cccs2)cc1F. The zero-order valence-corrected chi connectivity index (χ0v) is 12.4. The van der Waals surface area contributed by atoms with Crippen LogP contribution in [0.3, 0.4) is 0 Å². The van der Waals surface area contributed by atoms with E-state index in [0.29, 0.717) is 9.77 Å². The van der Waals surface area contributed by atoms with Crippen LogP contribution < -0.4 is 16.6 Å². The number of thioether (sulfide) groups is 1. The average molecular weight is 325 g/mol. The van der Waals surface area contributed by atoms with Crippen molar-refractivity contribution in [2.45, 2.75) is 4.90 Å². The molecule has 2 rings (SSSR count). The minimum Gasteiger partial charge on any atom is -0.396 e. The summed E-state index contributed by atoms with van der Waals surface area (Å²) in [5.41, 5.74) is 10.0. The van der Waals surface area contributed by atoms with Crippen LogP contribution in [0, 0.1) is 5.82 Å². The molecule has 21 heavy (non-hydrogen) atoms. The van der Waals surface area contributed by atoms with E-state index in [2.05, 4.69) is 10.9 Å². The predicted octanol–water partition coefficient (Wildman–Crippen LogP) is 2.02. The molecule has 5 nitrogen and oxygen atoms in total. The second-order valence-corrected chi connectivity index (χ2v) is 5.95. The van der Waals surface area contributed by atoms with Gasteiger partial charge in [-0.3, -0.25) is 20.4 Å². The number of hydrogen-bond acceptors (Lipinski definition) is 5. The third-order valence-corrected chi connectivity index (χ3v) is 4.26. The number of amides is 2. The van der Waals surface area contributed by atoms with Crippen molar-refractivity contribution < 1.29 is 14.0 Å². The van der Waals surface area contributed by atoms with Gasteiger partial charge in [0.05, 0.1) is 16.3 Å². The van der Waals surface area contributed by atoms with Gasteiger partial charge in [-0.1, -0.05) is 6.07 Å². The van der Waals surface area contributed by atoms with Gasteiger partial charge in [-0.15, -0.1) is 23.1 Å². The van der Waals surface area contributed by atoms with Gasteiger partial charge in [0, 0.05) is 4.90 Å². The van der Waals surface area contributed by atoms with Crippen molar-refractivity contribution in [3.05, 3.63) is 46.4 Å². The van der Waals surface area contributed by atoms with E-state index >= 15 is 0 Å². The predicted molar refractivity (Wildman–Crippen MR) is 81.5 cm³/mol. The molecule has 8 heteroatoms. The standard InChI is InChI=1S/C13H12FN3O2S2/c14-9-6-8(3-4-10(9)15)21-7-12(18)16-17-13(19)11-2-1-5-20-11/h1-6H,7,15H2,(H,16,18)(H,17,19). The van der Waals surface area contributed by atoms with Crippen molar-refractivity contribution in [1.29, 1.82) is 0 Å². The number of nitrogens with two attached hydrogens (primary N) is 1. The summed E-state index contributed by atoms with van der Waals surface area (Å²) in [5, 5.41) is 1.77. The van der Waals surface area contributed by atoms with E-state index in [1.165, 1.54) is 23.5 Å². The first-order chi connectivity index (χ1) is 10.1. The number of carbonyl (C=O) groups is 2. The van der Waals surface area contributed by atoms with E-state index in [9.17, 15) is 14.0 Å². The Morgan fingerprint density at radius 1 is 1.29 bits per heavy atom. The Hall–Kier alpha value is -2.06. The third-order valence-electron chi connectivity index (χ3n) is 2.40. The van der Waals surface area contributed by atoms with Crippen LogP contribution in [-0.2, 0) is 4.79 Å². The first kappa shape index (κ1) is 15.3. The number of carbonyl (C=O) groups excluding carboxylic acids is 2. The molecule has 1 aromatic carbocycles. The van der Waals surface area contributed by atoms with Crippen LogP contribution in [0.5, 0.6) is 0 Å². The lowest BCUT2D eigenvalue weighted by molar-refractivity contribution is -0.119. The average Bonchev–Trinajstić information content (AvgIpc) is 3.00. The van der Waals surface area contributed by atoms with Gasteiger partial charge >= 0.3 is 0 Å². The molecule has 0 spiro atoms. The summed E-state index contributed by atoms with van der Waals surface area (Å²) in [6.45, 7) is 0. The lowest BCUT2D eigenvalue weighted by atomic mass is 10.3. The van der Waals surface area contributed by atoms with Crippen molar-refractivity contribution in [3.8, 4) is 0 Å². The zero-order valence-electron chi connectivity index (χ0n) is 10.8. The molecule has 0 saturated heterocycles. The Kier molecular flexibility index (Phi) is 5.18. The maximum Gasteiger partial charge on any atom is 0.279 e. The highest BCUT2D eigenvalue weighted by Crippen LogP contribution is 2.21. The summed E-state index contributed by atoms with van der Waals surface area (Å²) >= 11 is 2.42. The fraction of sp³-hybridized carbons (Fsp3) is 0.0769. The summed E-state index contributed by atoms with van der Waals surface area (Å²) in [4.78, 5) is 24.2. The van der Waals surface area contributed by atoms with Crippen molar-refractivity contribution in [2.75, 3.05) is 11.5 Å². The van der Waals surface area contributed by atoms with Gasteiger partial charge < -0.3 is 5.73 Å². The highest BCUT2D eigenvalue weighted by molar-refractivity contribution is 8.00. The summed E-state index contributed by atoms with van der Waals surface area (Å²) in [7, 11) is 0. The molecule has 0 fully saturated rings. The molecule has 1 heterocycles. The van der Waals surface area contributed by atoms with Gasteiger partial charge in [0.2, 0.25) is 5.91 Å². The smallest absolute Gasteiger partial charge is 0.279 e. The molecule has 0 aliphatic rings. The second kappa shape index (κ2) is 7.09. The van der Waals surface area contributed by atoms with E-state index in [4.69, 9.17) is 5.73 Å². The van der Waals surface area contributed by atoms with Crippen molar-refractivity contribution in [3.63, 3.8) is 0 Å². The summed E-state index contributed by atoms with van der Waals surface area (Å²) in [6.07, 6.45) is 0. The Morgan fingerprint density at radius 2 is 2.10 bits per heavy atom. The van der Waals surface area contributed by atoms with Crippen LogP contribution in [0.25, 0.3) is 0 Å². The molecule has 1 aromatic heterocycles. The van der Waals surface area contributed by atoms with Crippen LogP contribution in [0.2, 0.25) is 0 Å². The van der Waals surface area contributed by atoms with Crippen LogP contribution in [-0.4, -0.2) is 17.6 Å². The highest BCUT2D eigenvalue weighted by Gasteiger charge is 2.09. The van der Waals surface area contributed by atoms with Crippen LogP contribution >= 0.6 is 23.1 Å². The number of nitrogens with one attached hydrogen (secondary N) is 2. The number of thiophene rings is 1. The molecule has 0 saturated carbocycles. The molecule has 0 bridgehead atoms. The van der Waals surface area contributed by atoms with E-state index in [1.807, 2.05) is 0 Å². The molecular weight excluding hydrogens is 313 g/mol. The lowest BCUT2D eigenvalue weighted by Gasteiger charge is -2.06. The number of halogens is 1. The van der Waals surface area contributed by atoms with E-state index in [0.717, 1.165) is 11.8 Å². The van der Waals surface area contributed by atoms with E-state index in [-0.39, 0.29) is 23.3 Å². The molecule has 0 aliphatic carbocycles. The Balaban J connectivity index is 1.77. The number of nitrogen functional groups attached to an aromatic ring is 1. The topological polar surface area (TPSA) is 84.2 Å². The number of anilines is 1. The maximum absolute atomic E-state index is 13.2. The summed E-state index contributed by atoms with van der Waals surface area (Å²) < 4.78 is 13.2. The number of hydrogen-bond donors (Lipinski definition) is 3. The van der Waals surface area contributed by atoms with Crippen LogP contribution in [0.4, 0.5) is 10.1 Å². The maximum atomic E-state index is 13.2. The summed E-state index contributed by atoms with van der Waals surface area (Å²) in [5.74, 6) is -1.23. The first-order valence-electron chi connectivity index (χ1n) is 5.87. The molecule has 2 amide bonds. The molecule has 0 aliphatic heterocycles. The molecule has 0 atom stereocenters. The largest absolute Gasteiger partial charge is 0.396 e. The highest BCUT2D eigenvalue weighted by atomic mass is 32.2. The monoisotopic (exact) mass is 325 g/mol. The summed E-state index contributed by atoms with van der Waals surface area (Å²) in [6, 6.07) is 7.72. The Bertz CT molecular complexity index is 647. The van der Waals surface area contributed by atoms with Crippen molar-refractivity contribution >= 4 is 40.6 Å². The minimum atomic E-state index is -0.522. The van der Waals surface area contributed by atoms with Gasteiger partial charge in [-0.2, -0.15) is 0 Å². The Labute approximate surface area is 128 Å². The Morgan fingerprint density at radius 3 is 2.76 bits per heavy atom. The molecular formula is C13H12FN3O2S2. The first-order valence-corrected chi connectivity index (χ1v) is 7.73. The zero-order chi connectivity index (χ0) is 15.2. The third kappa shape index (κ3) is 4.47. The molecule has 110 valence electrons. The van der Waals surface area contributed by atoms with Crippen LogP contribution in [0.1, 0.15) is 9.67 Å². The molecule has 2 aromatic rings. The van der Waals surface area contributed by atoms with Crippen molar-refractivity contribution in [1.82, 2.24) is 10.9 Å².